The van der Waals surface area contributed by atoms with Gasteiger partial charge in [-0.15, -0.1) is 0 Å². The van der Waals surface area contributed by atoms with E-state index in [-0.39, 0.29) is 18.4 Å². The van der Waals surface area contributed by atoms with Crippen molar-refractivity contribution < 1.29 is 28.2 Å². The number of benzene rings is 2. The van der Waals surface area contributed by atoms with Crippen LogP contribution in [0.15, 0.2) is 65.3 Å². The summed E-state index contributed by atoms with van der Waals surface area (Å²) in [5.41, 5.74) is 2.84. The fourth-order valence-corrected chi connectivity index (χ4v) is 5.36. The van der Waals surface area contributed by atoms with Gasteiger partial charge in [0.15, 0.2) is 11.5 Å². The summed E-state index contributed by atoms with van der Waals surface area (Å²) in [4.78, 5) is 33.5. The number of nitrogens with zero attached hydrogens (tertiary/aromatic N) is 3. The molecule has 0 saturated carbocycles. The minimum absolute atomic E-state index is 0.0198. The summed E-state index contributed by atoms with van der Waals surface area (Å²) in [5.74, 6) is 1.72. The molecule has 0 radical (unpaired) electrons. The number of aryl methyl sites for hydroxylation is 1. The molecule has 1 aliphatic heterocycles. The van der Waals surface area contributed by atoms with Gasteiger partial charge in [-0.05, 0) is 66.8 Å². The molecule has 9 heteroatoms. The maximum Gasteiger partial charge on any atom is 0.254 e. The van der Waals surface area contributed by atoms with Crippen molar-refractivity contribution in [3.63, 3.8) is 0 Å². The van der Waals surface area contributed by atoms with E-state index in [1.54, 1.807) is 30.3 Å². The van der Waals surface area contributed by atoms with E-state index in [0.717, 1.165) is 31.5 Å². The van der Waals surface area contributed by atoms with E-state index in [2.05, 4.69) is 11.8 Å². The normalized spacial score (nSPS) is 13.4. The maximum absolute atomic E-state index is 13.9. The van der Waals surface area contributed by atoms with Crippen molar-refractivity contribution in [2.45, 2.75) is 45.6 Å². The Morgan fingerprint density at radius 3 is 2.30 bits per heavy atom. The van der Waals surface area contributed by atoms with Gasteiger partial charge in [-0.2, -0.15) is 0 Å². The molecule has 2 aromatic carbocycles. The first-order valence-corrected chi connectivity index (χ1v) is 15.7. The van der Waals surface area contributed by atoms with Crippen LogP contribution in [0, 0.1) is 0 Å². The van der Waals surface area contributed by atoms with Crippen molar-refractivity contribution in [1.82, 2.24) is 14.7 Å². The summed E-state index contributed by atoms with van der Waals surface area (Å²) in [7, 11) is 3.21. The number of morpholine rings is 1. The molecule has 1 saturated heterocycles. The molecule has 2 amide bonds. The second-order valence-corrected chi connectivity index (χ2v) is 11.2. The fraction of sp³-hybridized carbons (Fsp3) is 0.486. The van der Waals surface area contributed by atoms with Gasteiger partial charge in [-0.3, -0.25) is 14.5 Å². The lowest BCUT2D eigenvalue weighted by Crippen LogP contribution is -2.47. The molecule has 3 aromatic rings. The van der Waals surface area contributed by atoms with Gasteiger partial charge in [0.2, 0.25) is 5.91 Å². The highest BCUT2D eigenvalue weighted by molar-refractivity contribution is 5.96. The largest absolute Gasteiger partial charge is 0.493 e. The Labute approximate surface area is 261 Å². The third-order valence-electron chi connectivity index (χ3n) is 8.07. The highest BCUT2D eigenvalue weighted by Crippen LogP contribution is 2.28. The molecular weight excluding hydrogens is 558 g/mol. The molecule has 4 rings (SSSR count). The first-order valence-electron chi connectivity index (χ1n) is 15.7. The van der Waals surface area contributed by atoms with Crippen LogP contribution in [-0.4, -0.2) is 93.2 Å². The van der Waals surface area contributed by atoms with E-state index >= 15 is 0 Å². The molecule has 9 nitrogen and oxygen atoms in total. The van der Waals surface area contributed by atoms with Crippen LogP contribution < -0.4 is 9.47 Å². The number of hydrogen-bond donors (Lipinski definition) is 0. The van der Waals surface area contributed by atoms with Crippen LogP contribution in [0.3, 0.4) is 0 Å². The summed E-state index contributed by atoms with van der Waals surface area (Å²) in [6, 6.07) is 17.3. The van der Waals surface area contributed by atoms with Crippen LogP contribution >= 0.6 is 0 Å². The minimum atomic E-state index is -0.135. The molecule has 44 heavy (non-hydrogen) atoms. The Balaban J connectivity index is 1.49. The summed E-state index contributed by atoms with van der Waals surface area (Å²) in [6.45, 7) is 7.07. The Morgan fingerprint density at radius 2 is 1.61 bits per heavy atom. The van der Waals surface area contributed by atoms with Crippen LogP contribution in [0.5, 0.6) is 11.5 Å². The zero-order valence-electron chi connectivity index (χ0n) is 26.5. The molecule has 0 aliphatic carbocycles. The van der Waals surface area contributed by atoms with Crippen LogP contribution in [0.1, 0.15) is 53.4 Å². The van der Waals surface area contributed by atoms with E-state index in [4.69, 9.17) is 18.6 Å². The number of rotatable bonds is 17. The van der Waals surface area contributed by atoms with Crippen molar-refractivity contribution in [2.24, 2.45) is 0 Å². The summed E-state index contributed by atoms with van der Waals surface area (Å²) < 4.78 is 21.9. The monoisotopic (exact) mass is 605 g/mol. The Hall–Kier alpha value is -3.82. The molecule has 238 valence electrons. The van der Waals surface area contributed by atoms with Crippen LogP contribution in [0.4, 0.5) is 0 Å². The summed E-state index contributed by atoms with van der Waals surface area (Å²) in [6.07, 6.45) is 6.72. The second-order valence-electron chi connectivity index (χ2n) is 11.2. The van der Waals surface area contributed by atoms with Crippen LogP contribution in [0.2, 0.25) is 0 Å². The summed E-state index contributed by atoms with van der Waals surface area (Å²) >= 11 is 0. The Bertz CT molecular complexity index is 1290. The molecule has 1 fully saturated rings. The van der Waals surface area contributed by atoms with Gasteiger partial charge in [0.25, 0.3) is 5.91 Å². The Kier molecular flexibility index (Phi) is 13.1. The van der Waals surface area contributed by atoms with E-state index in [1.165, 1.54) is 18.4 Å². The lowest BCUT2D eigenvalue weighted by Gasteiger charge is -2.31. The SMILES string of the molecule is CCCCCc1ccc(C(=O)N(CCN2CCOCC2)CC(=O)N(CCc2ccc(OC)c(OC)c2)Cc2ccco2)cc1. The lowest BCUT2D eigenvalue weighted by atomic mass is 10.0. The molecule has 1 aromatic heterocycles. The number of ether oxygens (including phenoxy) is 3. The van der Waals surface area contributed by atoms with Gasteiger partial charge in [0.05, 0.1) is 40.2 Å². The topological polar surface area (TPSA) is 84.7 Å². The number of amides is 2. The zero-order chi connectivity index (χ0) is 31.1. The van der Waals surface area contributed by atoms with Gasteiger partial charge in [-0.1, -0.05) is 38.0 Å². The van der Waals surface area contributed by atoms with E-state index in [0.29, 0.717) is 68.6 Å². The second kappa shape index (κ2) is 17.5. The number of methoxy groups -OCH3 is 2. The molecule has 1 aliphatic rings. The van der Waals surface area contributed by atoms with Crippen molar-refractivity contribution >= 4 is 11.8 Å². The number of unbranched alkanes of at least 4 members (excludes halogenated alkanes) is 2. The van der Waals surface area contributed by atoms with Crippen molar-refractivity contribution in [1.29, 1.82) is 0 Å². The van der Waals surface area contributed by atoms with E-state index < -0.39 is 0 Å². The number of furan rings is 1. The average molecular weight is 606 g/mol. The number of hydrogen-bond acceptors (Lipinski definition) is 7. The average Bonchev–Trinajstić information content (AvgIpc) is 3.58. The smallest absolute Gasteiger partial charge is 0.254 e. The van der Waals surface area contributed by atoms with Crippen molar-refractivity contribution in [3.8, 4) is 11.5 Å². The molecule has 0 bridgehead atoms. The first-order chi connectivity index (χ1) is 21.5. The fourth-order valence-electron chi connectivity index (χ4n) is 5.36. The molecule has 0 atom stereocenters. The molecular formula is C35H47N3O6. The van der Waals surface area contributed by atoms with Crippen LogP contribution in [0.25, 0.3) is 0 Å². The van der Waals surface area contributed by atoms with Gasteiger partial charge in [-0.25, -0.2) is 0 Å². The first kappa shape index (κ1) is 33.1. The lowest BCUT2D eigenvalue weighted by molar-refractivity contribution is -0.132. The quantitative estimate of drug-likeness (QED) is 0.199. The van der Waals surface area contributed by atoms with E-state index in [9.17, 15) is 9.59 Å². The number of carbonyl (C=O) groups is 2. The van der Waals surface area contributed by atoms with Gasteiger partial charge in [0, 0.05) is 38.3 Å². The van der Waals surface area contributed by atoms with Crippen molar-refractivity contribution in [3.05, 3.63) is 83.3 Å². The van der Waals surface area contributed by atoms with Crippen molar-refractivity contribution in [2.75, 3.05) is 66.7 Å². The van der Waals surface area contributed by atoms with Gasteiger partial charge in [0.1, 0.15) is 12.3 Å². The molecule has 0 unspecified atom stereocenters. The Morgan fingerprint density at radius 1 is 0.864 bits per heavy atom. The third-order valence-corrected chi connectivity index (χ3v) is 8.07. The zero-order valence-corrected chi connectivity index (χ0v) is 26.5. The van der Waals surface area contributed by atoms with E-state index in [1.807, 2.05) is 54.6 Å². The molecule has 0 spiro atoms. The number of carbonyl (C=O) groups excluding carboxylic acids is 2. The standard InChI is InChI=1S/C35H47N3O6/c1-4-5-6-8-28-10-13-30(14-11-28)35(40)38(19-18-36-20-23-43-24-21-36)27-34(39)37(26-31-9-7-22-44-31)17-16-29-12-15-32(41-2)33(25-29)42-3/h7,9-15,22,25H,4-6,8,16-21,23-24,26-27H2,1-3H3. The third kappa shape index (κ3) is 9.86. The van der Waals surface area contributed by atoms with Gasteiger partial charge >= 0.3 is 0 Å². The predicted molar refractivity (Wildman–Crippen MR) is 170 cm³/mol. The molecule has 0 N–H and O–H groups in total. The minimum Gasteiger partial charge on any atom is -0.493 e. The summed E-state index contributed by atoms with van der Waals surface area (Å²) in [5, 5.41) is 0. The van der Waals surface area contributed by atoms with Crippen LogP contribution in [-0.2, 0) is 28.9 Å². The highest BCUT2D eigenvalue weighted by Gasteiger charge is 2.24. The maximum atomic E-state index is 13.9. The highest BCUT2D eigenvalue weighted by atomic mass is 16.5. The molecule has 2 heterocycles. The predicted octanol–water partition coefficient (Wildman–Crippen LogP) is 5.08. The van der Waals surface area contributed by atoms with Gasteiger partial charge < -0.3 is 28.4 Å².